The number of halogens is 1. The standard InChI is InChI=1S/C11H15FN2O4S/c1-18-8-3-4-9(10(12)7-8)11(15)14-5-2-6-19(13,16)17/h3-4,7H,2,5-6H2,1H3,(H,14,15)(H2,13,16,17). The molecule has 6 nitrogen and oxygen atoms in total. The minimum atomic E-state index is -3.55. The van der Waals surface area contributed by atoms with Gasteiger partial charge in [0.25, 0.3) is 5.91 Å². The van der Waals surface area contributed by atoms with Crippen LogP contribution in [-0.4, -0.2) is 33.7 Å². The summed E-state index contributed by atoms with van der Waals surface area (Å²) in [6, 6.07) is 3.85. The molecule has 0 spiro atoms. The molecule has 3 N–H and O–H groups in total. The van der Waals surface area contributed by atoms with Crippen molar-refractivity contribution < 1.29 is 22.3 Å². The van der Waals surface area contributed by atoms with Gasteiger partial charge in [-0.05, 0) is 18.6 Å². The number of carbonyl (C=O) groups is 1. The predicted molar refractivity (Wildman–Crippen MR) is 67.9 cm³/mol. The van der Waals surface area contributed by atoms with Crippen LogP contribution in [0, 0.1) is 5.82 Å². The first kappa shape index (κ1) is 15.4. The van der Waals surface area contributed by atoms with Gasteiger partial charge in [0.15, 0.2) is 0 Å². The number of nitrogens with one attached hydrogen (secondary N) is 1. The minimum Gasteiger partial charge on any atom is -0.497 e. The van der Waals surface area contributed by atoms with E-state index in [1.165, 1.54) is 19.2 Å². The molecular formula is C11H15FN2O4S. The summed E-state index contributed by atoms with van der Waals surface area (Å²) >= 11 is 0. The Morgan fingerprint density at radius 3 is 2.68 bits per heavy atom. The fourth-order valence-electron chi connectivity index (χ4n) is 1.38. The van der Waals surface area contributed by atoms with Crippen molar-refractivity contribution in [2.45, 2.75) is 6.42 Å². The molecular weight excluding hydrogens is 275 g/mol. The zero-order valence-corrected chi connectivity index (χ0v) is 11.2. The topological polar surface area (TPSA) is 98.5 Å². The highest BCUT2D eigenvalue weighted by molar-refractivity contribution is 7.89. The number of benzene rings is 1. The van der Waals surface area contributed by atoms with Crippen molar-refractivity contribution in [3.8, 4) is 5.75 Å². The number of rotatable bonds is 6. The van der Waals surface area contributed by atoms with Gasteiger partial charge in [0.05, 0.1) is 18.4 Å². The molecule has 0 aliphatic rings. The van der Waals surface area contributed by atoms with Crippen LogP contribution in [-0.2, 0) is 10.0 Å². The van der Waals surface area contributed by atoms with Gasteiger partial charge in [-0.2, -0.15) is 0 Å². The van der Waals surface area contributed by atoms with E-state index in [-0.39, 0.29) is 24.3 Å². The average Bonchev–Trinajstić information content (AvgIpc) is 2.33. The van der Waals surface area contributed by atoms with E-state index in [1.807, 2.05) is 0 Å². The van der Waals surface area contributed by atoms with Gasteiger partial charge < -0.3 is 10.1 Å². The Morgan fingerprint density at radius 2 is 2.16 bits per heavy atom. The van der Waals surface area contributed by atoms with Crippen LogP contribution in [0.4, 0.5) is 4.39 Å². The second-order valence-electron chi connectivity index (χ2n) is 3.82. The Labute approximate surface area is 110 Å². The van der Waals surface area contributed by atoms with Crippen molar-refractivity contribution in [2.75, 3.05) is 19.4 Å². The maximum Gasteiger partial charge on any atom is 0.254 e. The molecule has 0 aliphatic carbocycles. The monoisotopic (exact) mass is 290 g/mol. The van der Waals surface area contributed by atoms with Gasteiger partial charge in [-0.15, -0.1) is 0 Å². The van der Waals surface area contributed by atoms with Crippen LogP contribution in [0.25, 0.3) is 0 Å². The third kappa shape index (κ3) is 5.23. The first-order chi connectivity index (χ1) is 8.83. The smallest absolute Gasteiger partial charge is 0.254 e. The zero-order chi connectivity index (χ0) is 14.5. The SMILES string of the molecule is COc1ccc(C(=O)NCCCS(N)(=O)=O)c(F)c1. The van der Waals surface area contributed by atoms with Crippen molar-refractivity contribution in [1.29, 1.82) is 0 Å². The lowest BCUT2D eigenvalue weighted by Gasteiger charge is -2.07. The fourth-order valence-corrected chi connectivity index (χ4v) is 1.92. The number of hydrogen-bond donors (Lipinski definition) is 2. The Bertz CT molecular complexity index is 560. The first-order valence-electron chi connectivity index (χ1n) is 5.45. The minimum absolute atomic E-state index is 0.0979. The highest BCUT2D eigenvalue weighted by atomic mass is 32.2. The number of primary sulfonamides is 1. The van der Waals surface area contributed by atoms with Crippen molar-refractivity contribution in [3.63, 3.8) is 0 Å². The van der Waals surface area contributed by atoms with E-state index in [1.54, 1.807) is 0 Å². The molecule has 106 valence electrons. The van der Waals surface area contributed by atoms with E-state index in [0.29, 0.717) is 5.75 Å². The Hall–Kier alpha value is -1.67. The number of carbonyl (C=O) groups excluding carboxylic acids is 1. The molecule has 8 heteroatoms. The molecule has 19 heavy (non-hydrogen) atoms. The molecule has 0 saturated heterocycles. The van der Waals surface area contributed by atoms with E-state index in [2.05, 4.69) is 5.32 Å². The van der Waals surface area contributed by atoms with E-state index >= 15 is 0 Å². The molecule has 0 aromatic heterocycles. The third-order valence-electron chi connectivity index (χ3n) is 2.31. The van der Waals surface area contributed by atoms with Crippen molar-refractivity contribution in [3.05, 3.63) is 29.6 Å². The molecule has 0 aliphatic heterocycles. The summed E-state index contributed by atoms with van der Waals surface area (Å²) in [6.45, 7) is 0.0979. The lowest BCUT2D eigenvalue weighted by atomic mass is 10.2. The van der Waals surface area contributed by atoms with Crippen LogP contribution in [0.1, 0.15) is 16.8 Å². The van der Waals surface area contributed by atoms with Gasteiger partial charge in [-0.3, -0.25) is 4.79 Å². The lowest BCUT2D eigenvalue weighted by molar-refractivity contribution is 0.0949. The number of methoxy groups -OCH3 is 1. The summed E-state index contributed by atoms with van der Waals surface area (Å²) < 4.78 is 39.7. The second-order valence-corrected chi connectivity index (χ2v) is 5.56. The van der Waals surface area contributed by atoms with Gasteiger partial charge in [-0.25, -0.2) is 17.9 Å². The van der Waals surface area contributed by atoms with Crippen molar-refractivity contribution in [2.24, 2.45) is 5.14 Å². The van der Waals surface area contributed by atoms with Crippen LogP contribution in [0.3, 0.4) is 0 Å². The predicted octanol–water partition coefficient (Wildman–Crippen LogP) is 0.243. The average molecular weight is 290 g/mol. The van der Waals surface area contributed by atoms with Crippen LogP contribution in [0.2, 0.25) is 0 Å². The van der Waals surface area contributed by atoms with Crippen molar-refractivity contribution >= 4 is 15.9 Å². The summed E-state index contributed by atoms with van der Waals surface area (Å²) in [5.41, 5.74) is -0.128. The van der Waals surface area contributed by atoms with Crippen LogP contribution in [0.15, 0.2) is 18.2 Å². The second kappa shape index (κ2) is 6.48. The van der Waals surface area contributed by atoms with E-state index in [4.69, 9.17) is 9.88 Å². The van der Waals surface area contributed by atoms with Gasteiger partial charge in [0.1, 0.15) is 11.6 Å². The maximum atomic E-state index is 13.5. The Kier molecular flexibility index (Phi) is 5.25. The van der Waals surface area contributed by atoms with Gasteiger partial charge >= 0.3 is 0 Å². The summed E-state index contributed by atoms with van der Waals surface area (Å²) in [4.78, 5) is 11.6. The summed E-state index contributed by atoms with van der Waals surface area (Å²) in [5.74, 6) is -1.25. The van der Waals surface area contributed by atoms with Crippen LogP contribution >= 0.6 is 0 Å². The molecule has 0 atom stereocenters. The van der Waals surface area contributed by atoms with Gasteiger partial charge in [0.2, 0.25) is 10.0 Å². The summed E-state index contributed by atoms with van der Waals surface area (Å²) in [5, 5.41) is 7.22. The lowest BCUT2D eigenvalue weighted by Crippen LogP contribution is -2.28. The number of ether oxygens (including phenoxy) is 1. The highest BCUT2D eigenvalue weighted by Crippen LogP contribution is 2.15. The molecule has 0 radical (unpaired) electrons. The van der Waals surface area contributed by atoms with E-state index in [9.17, 15) is 17.6 Å². The first-order valence-corrected chi connectivity index (χ1v) is 7.17. The van der Waals surface area contributed by atoms with Gasteiger partial charge in [0, 0.05) is 12.6 Å². The molecule has 0 unspecified atom stereocenters. The van der Waals surface area contributed by atoms with E-state index < -0.39 is 21.7 Å². The maximum absolute atomic E-state index is 13.5. The van der Waals surface area contributed by atoms with E-state index in [0.717, 1.165) is 6.07 Å². The number of sulfonamides is 1. The molecule has 1 aromatic carbocycles. The number of nitrogens with two attached hydrogens (primary N) is 1. The highest BCUT2D eigenvalue weighted by Gasteiger charge is 2.12. The van der Waals surface area contributed by atoms with Crippen LogP contribution < -0.4 is 15.2 Å². The summed E-state index contributed by atoms with van der Waals surface area (Å²) in [7, 11) is -2.16. The summed E-state index contributed by atoms with van der Waals surface area (Å²) in [6.07, 6.45) is 0.169. The fraction of sp³-hybridized carbons (Fsp3) is 0.364. The Morgan fingerprint density at radius 1 is 1.47 bits per heavy atom. The molecule has 0 fully saturated rings. The zero-order valence-electron chi connectivity index (χ0n) is 10.3. The Balaban J connectivity index is 2.54. The van der Waals surface area contributed by atoms with Crippen molar-refractivity contribution in [1.82, 2.24) is 5.32 Å². The largest absolute Gasteiger partial charge is 0.497 e. The number of hydrogen-bond acceptors (Lipinski definition) is 4. The molecule has 1 rings (SSSR count). The third-order valence-corrected chi connectivity index (χ3v) is 3.17. The molecule has 1 aromatic rings. The molecule has 0 bridgehead atoms. The van der Waals surface area contributed by atoms with Crippen LogP contribution in [0.5, 0.6) is 5.75 Å². The van der Waals surface area contributed by atoms with Gasteiger partial charge in [-0.1, -0.05) is 0 Å². The normalized spacial score (nSPS) is 11.1. The molecule has 1 amide bonds. The molecule has 0 saturated carbocycles. The quantitative estimate of drug-likeness (QED) is 0.733. The number of amides is 1. The molecule has 0 heterocycles.